The molecule has 0 aliphatic heterocycles. The molecule has 0 bridgehead atoms. The molecule has 7 nitrogen and oxygen atoms in total. The van der Waals surface area contributed by atoms with Gasteiger partial charge < -0.3 is 10.1 Å². The second kappa shape index (κ2) is 7.23. The molecular weight excluding hydrogens is 387 g/mol. The van der Waals surface area contributed by atoms with E-state index in [-0.39, 0.29) is 22.0 Å². The number of carbonyl (C=O) groups excluding carboxylic acids is 1. The first-order chi connectivity index (χ1) is 12.8. The molecule has 1 N–H and O–H groups in total. The van der Waals surface area contributed by atoms with Gasteiger partial charge in [-0.1, -0.05) is 17.7 Å². The van der Waals surface area contributed by atoms with Gasteiger partial charge in [-0.15, -0.1) is 5.10 Å². The van der Waals surface area contributed by atoms with Crippen LogP contribution in [0.2, 0.25) is 5.02 Å². The van der Waals surface area contributed by atoms with Crippen LogP contribution in [0.3, 0.4) is 0 Å². The fourth-order valence-electron chi connectivity index (χ4n) is 2.31. The normalized spacial score (nSPS) is 11.3. The number of halogens is 4. The summed E-state index contributed by atoms with van der Waals surface area (Å²) < 4.78 is 44.9. The molecule has 1 amide bonds. The average Bonchev–Trinajstić information content (AvgIpc) is 3.15. The van der Waals surface area contributed by atoms with Crippen molar-refractivity contribution in [3.05, 3.63) is 58.9 Å². The van der Waals surface area contributed by atoms with Gasteiger partial charge in [0.1, 0.15) is 12.1 Å². The number of hydrogen-bond acceptors (Lipinski definition) is 5. The minimum Gasteiger partial charge on any atom is -0.496 e. The molecule has 11 heteroatoms. The molecule has 0 aliphatic carbocycles. The van der Waals surface area contributed by atoms with Crippen LogP contribution < -0.4 is 10.1 Å². The van der Waals surface area contributed by atoms with E-state index in [1.54, 1.807) is 0 Å². The molecule has 0 unspecified atom stereocenters. The summed E-state index contributed by atoms with van der Waals surface area (Å²) in [7, 11) is 1.34. The summed E-state index contributed by atoms with van der Waals surface area (Å²) in [6, 6.07) is 7.05. The second-order valence-electron chi connectivity index (χ2n) is 5.29. The number of rotatable bonds is 4. The third-order valence-electron chi connectivity index (χ3n) is 3.56. The van der Waals surface area contributed by atoms with Crippen LogP contribution in [0, 0.1) is 0 Å². The van der Waals surface area contributed by atoms with Gasteiger partial charge in [0.15, 0.2) is 0 Å². The van der Waals surface area contributed by atoms with Crippen LogP contribution in [0.25, 0.3) is 5.69 Å². The van der Waals surface area contributed by atoms with Crippen molar-refractivity contribution in [3.63, 3.8) is 0 Å². The van der Waals surface area contributed by atoms with Gasteiger partial charge in [0.25, 0.3) is 5.91 Å². The van der Waals surface area contributed by atoms with Gasteiger partial charge in [-0.3, -0.25) is 4.79 Å². The van der Waals surface area contributed by atoms with Crippen molar-refractivity contribution in [2.75, 3.05) is 12.4 Å². The molecule has 2 aromatic carbocycles. The van der Waals surface area contributed by atoms with Gasteiger partial charge in [0.2, 0.25) is 0 Å². The monoisotopic (exact) mass is 397 g/mol. The number of aromatic nitrogens is 4. The van der Waals surface area contributed by atoms with Crippen molar-refractivity contribution < 1.29 is 22.7 Å². The number of ether oxygens (including phenoxy) is 1. The topological polar surface area (TPSA) is 81.9 Å². The van der Waals surface area contributed by atoms with Crippen molar-refractivity contribution in [2.45, 2.75) is 6.18 Å². The van der Waals surface area contributed by atoms with E-state index in [0.717, 1.165) is 12.1 Å². The lowest BCUT2D eigenvalue weighted by molar-refractivity contribution is -0.137. The number of methoxy groups -OCH3 is 1. The van der Waals surface area contributed by atoms with E-state index >= 15 is 0 Å². The lowest BCUT2D eigenvalue weighted by Crippen LogP contribution is -2.15. The van der Waals surface area contributed by atoms with Gasteiger partial charge in [0.05, 0.1) is 28.9 Å². The molecule has 1 heterocycles. The van der Waals surface area contributed by atoms with Gasteiger partial charge >= 0.3 is 6.18 Å². The van der Waals surface area contributed by atoms with Crippen molar-refractivity contribution in [3.8, 4) is 11.4 Å². The van der Waals surface area contributed by atoms with E-state index in [2.05, 4.69) is 20.8 Å². The molecule has 27 heavy (non-hydrogen) atoms. The number of carbonyl (C=O) groups is 1. The predicted octanol–water partition coefficient (Wildman–Crippen LogP) is 3.60. The summed E-state index contributed by atoms with van der Waals surface area (Å²) in [6.45, 7) is 0. The van der Waals surface area contributed by atoms with Crippen LogP contribution in [-0.4, -0.2) is 33.2 Å². The van der Waals surface area contributed by atoms with E-state index in [1.807, 2.05) is 0 Å². The van der Waals surface area contributed by atoms with E-state index in [0.29, 0.717) is 5.69 Å². The molecule has 3 aromatic rings. The SMILES string of the molecule is COc1cc(-n2cnnn2)c(Cl)cc1C(=O)Nc1cccc(C(F)(F)F)c1. The second-order valence-corrected chi connectivity index (χ2v) is 5.70. The van der Waals surface area contributed by atoms with Gasteiger partial charge in [-0.25, -0.2) is 0 Å². The molecule has 140 valence electrons. The zero-order valence-electron chi connectivity index (χ0n) is 13.7. The number of hydrogen-bond donors (Lipinski definition) is 1. The number of nitrogens with one attached hydrogen (secondary N) is 1. The van der Waals surface area contributed by atoms with Crippen molar-refractivity contribution in [1.29, 1.82) is 0 Å². The maximum atomic E-state index is 12.8. The molecule has 0 saturated heterocycles. The highest BCUT2D eigenvalue weighted by molar-refractivity contribution is 6.33. The minimum atomic E-state index is -4.52. The Kier molecular flexibility index (Phi) is 5.00. The third kappa shape index (κ3) is 4.00. The number of benzene rings is 2. The number of anilines is 1. The van der Waals surface area contributed by atoms with Crippen LogP contribution in [0.15, 0.2) is 42.7 Å². The smallest absolute Gasteiger partial charge is 0.416 e. The standard InChI is InChI=1S/C16H11ClF3N5O2/c1-27-14-7-13(25-8-21-23-24-25)12(17)6-11(14)15(26)22-10-4-2-3-9(5-10)16(18,19)20/h2-8H,1H3,(H,22,26). The molecular formula is C16H11ClF3N5O2. The average molecular weight is 398 g/mol. The molecule has 0 fully saturated rings. The number of alkyl halides is 3. The Morgan fingerprint density at radius 1 is 1.26 bits per heavy atom. The summed E-state index contributed by atoms with van der Waals surface area (Å²) >= 11 is 6.18. The first kappa shape index (κ1) is 18.6. The van der Waals surface area contributed by atoms with Crippen molar-refractivity contribution >= 4 is 23.2 Å². The highest BCUT2D eigenvalue weighted by Gasteiger charge is 2.30. The van der Waals surface area contributed by atoms with Gasteiger partial charge in [-0.2, -0.15) is 17.9 Å². The lowest BCUT2D eigenvalue weighted by Gasteiger charge is -2.13. The van der Waals surface area contributed by atoms with Crippen molar-refractivity contribution in [2.24, 2.45) is 0 Å². The summed E-state index contributed by atoms with van der Waals surface area (Å²) in [5, 5.41) is 13.3. The predicted molar refractivity (Wildman–Crippen MR) is 90.1 cm³/mol. The zero-order chi connectivity index (χ0) is 19.6. The largest absolute Gasteiger partial charge is 0.496 e. The number of tetrazole rings is 1. The number of nitrogens with zero attached hydrogens (tertiary/aromatic N) is 4. The van der Waals surface area contributed by atoms with Crippen molar-refractivity contribution in [1.82, 2.24) is 20.2 Å². The first-order valence-electron chi connectivity index (χ1n) is 7.39. The minimum absolute atomic E-state index is 0.0162. The molecule has 0 spiro atoms. The Labute approximate surface area is 155 Å². The highest BCUT2D eigenvalue weighted by Crippen LogP contribution is 2.32. The molecule has 0 atom stereocenters. The lowest BCUT2D eigenvalue weighted by atomic mass is 10.1. The quantitative estimate of drug-likeness (QED) is 0.727. The van der Waals surface area contributed by atoms with E-state index in [9.17, 15) is 18.0 Å². The molecule has 1 aromatic heterocycles. The van der Waals surface area contributed by atoms with Gasteiger partial charge in [0, 0.05) is 11.8 Å². The summed E-state index contributed by atoms with van der Waals surface area (Å²) in [5.74, 6) is -0.536. The zero-order valence-corrected chi connectivity index (χ0v) is 14.4. The summed E-state index contributed by atoms with van der Waals surface area (Å²) in [5.41, 5.74) is -0.484. The maximum Gasteiger partial charge on any atom is 0.416 e. The Morgan fingerprint density at radius 3 is 2.67 bits per heavy atom. The fourth-order valence-corrected chi connectivity index (χ4v) is 2.56. The van der Waals surface area contributed by atoms with E-state index in [4.69, 9.17) is 16.3 Å². The van der Waals surface area contributed by atoms with E-state index < -0.39 is 17.6 Å². The van der Waals surface area contributed by atoms with Crippen LogP contribution >= 0.6 is 11.6 Å². The summed E-state index contributed by atoms with van der Waals surface area (Å²) in [4.78, 5) is 12.5. The summed E-state index contributed by atoms with van der Waals surface area (Å²) in [6.07, 6.45) is -3.21. The Bertz CT molecular complexity index is 977. The number of amides is 1. The van der Waals surface area contributed by atoms with Crippen LogP contribution in [0.5, 0.6) is 5.75 Å². The van der Waals surface area contributed by atoms with Crippen LogP contribution in [0.1, 0.15) is 15.9 Å². The Balaban J connectivity index is 1.92. The highest BCUT2D eigenvalue weighted by atomic mass is 35.5. The fraction of sp³-hybridized carbons (Fsp3) is 0.125. The third-order valence-corrected chi connectivity index (χ3v) is 3.86. The molecule has 0 radical (unpaired) electrons. The molecule has 0 saturated carbocycles. The maximum absolute atomic E-state index is 12.8. The Morgan fingerprint density at radius 2 is 2.04 bits per heavy atom. The Hall–Kier alpha value is -3.14. The molecule has 3 rings (SSSR count). The van der Waals surface area contributed by atoms with E-state index in [1.165, 1.54) is 42.4 Å². The van der Waals surface area contributed by atoms with Crippen LogP contribution in [-0.2, 0) is 6.18 Å². The van der Waals surface area contributed by atoms with Gasteiger partial charge in [-0.05, 0) is 34.7 Å². The van der Waals surface area contributed by atoms with Crippen LogP contribution in [0.4, 0.5) is 18.9 Å². The first-order valence-corrected chi connectivity index (χ1v) is 7.77. The molecule has 0 aliphatic rings.